The Kier molecular flexibility index (Phi) is 5.54. The molecular weight excluding hydrogens is 350 g/mol. The number of benzene rings is 2. The summed E-state index contributed by atoms with van der Waals surface area (Å²) in [6.45, 7) is 9.71. The molecule has 0 radical (unpaired) electrons. The number of carbonyl (C=O) groups is 1. The first kappa shape index (κ1) is 19.7. The van der Waals surface area contributed by atoms with E-state index in [1.54, 1.807) is 37.6 Å². The maximum atomic E-state index is 12.2. The number of amides is 1. The maximum Gasteiger partial charge on any atom is 0.271 e. The number of allylic oxidation sites excluding steroid dienone is 1. The van der Waals surface area contributed by atoms with Gasteiger partial charge in [-0.25, -0.2) is 5.43 Å². The summed E-state index contributed by atoms with van der Waals surface area (Å²) in [6, 6.07) is 13.2. The molecule has 1 aliphatic heterocycles. The summed E-state index contributed by atoms with van der Waals surface area (Å²) in [5.74, 6) is 0.452. The number of hydrogen-bond donors (Lipinski definition) is 1. The van der Waals surface area contributed by atoms with Crippen molar-refractivity contribution in [3.05, 3.63) is 65.2 Å². The highest BCUT2D eigenvalue weighted by atomic mass is 16.5. The molecule has 146 valence electrons. The summed E-state index contributed by atoms with van der Waals surface area (Å²) in [6.07, 6.45) is 3.97. The van der Waals surface area contributed by atoms with Crippen LogP contribution >= 0.6 is 0 Å². The minimum atomic E-state index is -0.258. The largest absolute Gasteiger partial charge is 0.497 e. The van der Waals surface area contributed by atoms with E-state index in [2.05, 4.69) is 61.3 Å². The maximum absolute atomic E-state index is 12.2. The molecule has 1 heterocycles. The van der Waals surface area contributed by atoms with Gasteiger partial charge in [0, 0.05) is 23.4 Å². The first-order chi connectivity index (χ1) is 13.4. The van der Waals surface area contributed by atoms with Crippen LogP contribution in [0, 0.1) is 0 Å². The zero-order valence-electron chi connectivity index (χ0n) is 17.1. The number of hydrazone groups is 1. The van der Waals surface area contributed by atoms with Gasteiger partial charge in [0.15, 0.2) is 0 Å². The van der Waals surface area contributed by atoms with Crippen LogP contribution in [0.15, 0.2) is 53.6 Å². The number of ether oxygens (including phenoxy) is 1. The highest BCUT2D eigenvalue weighted by Crippen LogP contribution is 2.38. The summed E-state index contributed by atoms with van der Waals surface area (Å²) < 4.78 is 5.10. The van der Waals surface area contributed by atoms with Crippen LogP contribution in [-0.4, -0.2) is 31.3 Å². The zero-order chi connectivity index (χ0) is 20.3. The lowest BCUT2D eigenvalue weighted by Gasteiger charge is -2.42. The Morgan fingerprint density at radius 3 is 2.57 bits per heavy atom. The van der Waals surface area contributed by atoms with Crippen LogP contribution in [0.3, 0.4) is 0 Å². The number of nitrogens with one attached hydrogen (secondary N) is 1. The quantitative estimate of drug-likeness (QED) is 0.617. The van der Waals surface area contributed by atoms with Crippen molar-refractivity contribution in [1.29, 1.82) is 0 Å². The molecule has 0 aliphatic carbocycles. The molecule has 0 spiro atoms. The minimum Gasteiger partial charge on any atom is -0.497 e. The predicted molar refractivity (Wildman–Crippen MR) is 115 cm³/mol. The summed E-state index contributed by atoms with van der Waals surface area (Å²) >= 11 is 0. The zero-order valence-corrected chi connectivity index (χ0v) is 17.1. The Morgan fingerprint density at radius 1 is 1.21 bits per heavy atom. The molecule has 2 aromatic rings. The van der Waals surface area contributed by atoms with Crippen molar-refractivity contribution >= 4 is 23.4 Å². The van der Waals surface area contributed by atoms with Crippen LogP contribution < -0.4 is 15.1 Å². The number of nitrogens with zero attached hydrogens (tertiary/aromatic N) is 2. The molecule has 3 rings (SSSR count). The molecule has 0 unspecified atom stereocenters. The lowest BCUT2D eigenvalue weighted by atomic mass is 9.88. The molecule has 0 saturated carbocycles. The van der Waals surface area contributed by atoms with Gasteiger partial charge >= 0.3 is 0 Å². The summed E-state index contributed by atoms with van der Waals surface area (Å²) in [5, 5.41) is 4.11. The number of anilines is 1. The van der Waals surface area contributed by atoms with E-state index in [1.165, 1.54) is 16.8 Å². The molecule has 2 aromatic carbocycles. The van der Waals surface area contributed by atoms with Crippen molar-refractivity contribution < 1.29 is 9.53 Å². The third-order valence-electron chi connectivity index (χ3n) is 5.05. The van der Waals surface area contributed by atoms with Crippen LogP contribution in [0.1, 0.15) is 49.2 Å². The van der Waals surface area contributed by atoms with Crippen LogP contribution in [0.25, 0.3) is 5.57 Å². The Bertz CT molecular complexity index is 927. The molecule has 5 heteroatoms. The van der Waals surface area contributed by atoms with E-state index in [9.17, 15) is 4.79 Å². The smallest absolute Gasteiger partial charge is 0.271 e. The fraction of sp³-hybridized carbons (Fsp3) is 0.304. The minimum absolute atomic E-state index is 0.00617. The van der Waals surface area contributed by atoms with Gasteiger partial charge in [-0.1, -0.05) is 12.1 Å². The summed E-state index contributed by atoms with van der Waals surface area (Å²) in [5.41, 5.74) is 7.72. The number of methoxy groups -OCH3 is 1. The fourth-order valence-corrected chi connectivity index (χ4v) is 3.73. The van der Waals surface area contributed by atoms with Gasteiger partial charge < -0.3 is 9.64 Å². The standard InChI is InChI=1S/C23H27N3O2/c1-6-26-21-12-7-17(13-20(21)16(2)14-23(26,3)4)15-24-25-22(27)18-8-10-19(28-5)11-9-18/h7-15H,6H2,1-5H3,(H,25,27)/b24-15-. The van der Waals surface area contributed by atoms with E-state index in [0.717, 1.165) is 12.1 Å². The molecule has 28 heavy (non-hydrogen) atoms. The number of carbonyl (C=O) groups excluding carboxylic acids is 1. The third-order valence-corrected chi connectivity index (χ3v) is 5.05. The van der Waals surface area contributed by atoms with Crippen molar-refractivity contribution in [1.82, 2.24) is 5.43 Å². The van der Waals surface area contributed by atoms with Crippen LogP contribution in [0.4, 0.5) is 5.69 Å². The molecule has 1 amide bonds. The van der Waals surface area contributed by atoms with Crippen LogP contribution in [0.2, 0.25) is 0 Å². The van der Waals surface area contributed by atoms with Gasteiger partial charge in [-0.05, 0) is 75.2 Å². The number of hydrogen-bond acceptors (Lipinski definition) is 4. The molecule has 0 fully saturated rings. The molecule has 0 aromatic heterocycles. The van der Waals surface area contributed by atoms with E-state index in [-0.39, 0.29) is 11.4 Å². The van der Waals surface area contributed by atoms with Gasteiger partial charge in [-0.2, -0.15) is 5.10 Å². The normalized spacial score (nSPS) is 15.2. The molecule has 1 N–H and O–H groups in total. The Balaban J connectivity index is 1.75. The monoisotopic (exact) mass is 377 g/mol. The first-order valence-corrected chi connectivity index (χ1v) is 9.44. The Hall–Kier alpha value is -3.08. The second kappa shape index (κ2) is 7.89. The SMILES string of the molecule is CCN1c2ccc(/C=N\NC(=O)c3ccc(OC)cc3)cc2C(C)=CC1(C)C. The molecule has 0 atom stereocenters. The van der Waals surface area contributed by atoms with Gasteiger partial charge in [-0.15, -0.1) is 0 Å². The van der Waals surface area contributed by atoms with Gasteiger partial charge in [0.1, 0.15) is 5.75 Å². The molecule has 0 saturated heterocycles. The van der Waals surface area contributed by atoms with Gasteiger partial charge in [0.25, 0.3) is 5.91 Å². The van der Waals surface area contributed by atoms with E-state index in [0.29, 0.717) is 11.3 Å². The average molecular weight is 377 g/mol. The number of rotatable bonds is 5. The van der Waals surface area contributed by atoms with E-state index >= 15 is 0 Å². The van der Waals surface area contributed by atoms with Crippen molar-refractivity contribution in [3.8, 4) is 5.75 Å². The van der Waals surface area contributed by atoms with Gasteiger partial charge in [0.2, 0.25) is 0 Å². The Morgan fingerprint density at radius 2 is 1.93 bits per heavy atom. The molecule has 1 aliphatic rings. The molecular formula is C23H27N3O2. The van der Waals surface area contributed by atoms with Gasteiger partial charge in [-0.3, -0.25) is 4.79 Å². The highest BCUT2D eigenvalue weighted by molar-refractivity contribution is 5.95. The Labute approximate surface area is 166 Å². The van der Waals surface area contributed by atoms with Crippen LogP contribution in [-0.2, 0) is 0 Å². The second-order valence-corrected chi connectivity index (χ2v) is 7.43. The molecule has 5 nitrogen and oxygen atoms in total. The fourth-order valence-electron chi connectivity index (χ4n) is 3.73. The van der Waals surface area contributed by atoms with E-state index < -0.39 is 0 Å². The predicted octanol–water partition coefficient (Wildman–Crippen LogP) is 4.48. The van der Waals surface area contributed by atoms with Crippen molar-refractivity contribution in [3.63, 3.8) is 0 Å². The second-order valence-electron chi connectivity index (χ2n) is 7.43. The summed E-state index contributed by atoms with van der Waals surface area (Å²) in [4.78, 5) is 14.6. The van der Waals surface area contributed by atoms with Crippen molar-refractivity contribution in [2.75, 3.05) is 18.6 Å². The van der Waals surface area contributed by atoms with Crippen molar-refractivity contribution in [2.45, 2.75) is 33.2 Å². The van der Waals surface area contributed by atoms with Crippen molar-refractivity contribution in [2.24, 2.45) is 5.10 Å². The van der Waals surface area contributed by atoms with E-state index in [1.807, 2.05) is 6.07 Å². The van der Waals surface area contributed by atoms with Crippen LogP contribution in [0.5, 0.6) is 5.75 Å². The van der Waals surface area contributed by atoms with Gasteiger partial charge in [0.05, 0.1) is 18.9 Å². The topological polar surface area (TPSA) is 53.9 Å². The number of likely N-dealkylation sites (N-methyl/N-ethyl adjacent to an activating group) is 1. The molecule has 0 bridgehead atoms. The lowest BCUT2D eigenvalue weighted by molar-refractivity contribution is 0.0955. The highest BCUT2D eigenvalue weighted by Gasteiger charge is 2.29. The van der Waals surface area contributed by atoms with E-state index in [4.69, 9.17) is 4.74 Å². The average Bonchev–Trinajstić information content (AvgIpc) is 2.68. The lowest BCUT2D eigenvalue weighted by Crippen LogP contribution is -2.44. The first-order valence-electron chi connectivity index (χ1n) is 9.44. The number of fused-ring (bicyclic) bond motifs is 1. The third kappa shape index (κ3) is 3.93. The summed E-state index contributed by atoms with van der Waals surface area (Å²) in [7, 11) is 1.59.